The number of carbonyl (C=O) groups excluding carboxylic acids is 3. The maximum absolute atomic E-state index is 12.9. The van der Waals surface area contributed by atoms with Crippen LogP contribution in [-0.2, 0) is 28.6 Å². The fourth-order valence-corrected chi connectivity index (χ4v) is 10.1. The fourth-order valence-electron chi connectivity index (χ4n) is 10.1. The van der Waals surface area contributed by atoms with E-state index in [0.717, 1.165) is 57.8 Å². The minimum Gasteiger partial charge on any atom is -0.462 e. The summed E-state index contributed by atoms with van der Waals surface area (Å²) in [5.41, 5.74) is 0. The highest BCUT2D eigenvalue weighted by atomic mass is 16.6. The highest BCUT2D eigenvalue weighted by Gasteiger charge is 2.19. The first-order valence-corrected chi connectivity index (χ1v) is 33.3. The summed E-state index contributed by atoms with van der Waals surface area (Å²) in [5, 5.41) is 0. The van der Waals surface area contributed by atoms with E-state index >= 15 is 0 Å². The van der Waals surface area contributed by atoms with Crippen LogP contribution in [0.1, 0.15) is 374 Å². The molecule has 0 aliphatic heterocycles. The molecule has 1 unspecified atom stereocenters. The summed E-state index contributed by atoms with van der Waals surface area (Å²) in [7, 11) is 0. The van der Waals surface area contributed by atoms with Gasteiger partial charge in [0, 0.05) is 19.3 Å². The van der Waals surface area contributed by atoms with E-state index < -0.39 is 6.10 Å². The molecule has 436 valence electrons. The summed E-state index contributed by atoms with van der Waals surface area (Å²) >= 11 is 0. The van der Waals surface area contributed by atoms with Crippen molar-refractivity contribution in [2.24, 2.45) is 0 Å². The van der Waals surface area contributed by atoms with Crippen molar-refractivity contribution in [1.29, 1.82) is 0 Å². The molecular formula is C68H128O6. The summed E-state index contributed by atoms with van der Waals surface area (Å²) < 4.78 is 17.0. The molecule has 0 bridgehead atoms. The zero-order valence-electron chi connectivity index (χ0n) is 50.1. The van der Waals surface area contributed by atoms with E-state index in [2.05, 4.69) is 45.1 Å². The molecule has 0 saturated carbocycles. The van der Waals surface area contributed by atoms with Gasteiger partial charge in [-0.25, -0.2) is 0 Å². The Kier molecular flexibility index (Phi) is 61.6. The number of hydrogen-bond donors (Lipinski definition) is 0. The maximum Gasteiger partial charge on any atom is 0.306 e. The van der Waals surface area contributed by atoms with Crippen LogP contribution >= 0.6 is 0 Å². The zero-order chi connectivity index (χ0) is 53.6. The second-order valence-corrected chi connectivity index (χ2v) is 22.7. The Morgan fingerprint density at radius 1 is 0.257 bits per heavy atom. The lowest BCUT2D eigenvalue weighted by molar-refractivity contribution is -0.167. The van der Waals surface area contributed by atoms with Crippen molar-refractivity contribution in [1.82, 2.24) is 0 Å². The first-order chi connectivity index (χ1) is 36.5. The van der Waals surface area contributed by atoms with Crippen LogP contribution < -0.4 is 0 Å². The molecule has 1 atom stereocenters. The Hall–Kier alpha value is -2.11. The van der Waals surface area contributed by atoms with Crippen molar-refractivity contribution in [3.8, 4) is 0 Å². The standard InChI is InChI=1S/C68H128O6/c1-4-7-10-13-16-19-22-25-28-30-31-32-33-34-35-36-37-39-40-43-46-49-52-55-58-61-67(70)73-64-65(63-72-66(69)60-57-54-51-48-45-42-27-24-21-18-15-12-9-6-3)74-68(71)62-59-56-53-50-47-44-41-38-29-26-23-20-17-14-11-8-5-2/h26,29-31,65H,4-25,27-28,32-64H2,1-3H3/b29-26-,31-30-. The van der Waals surface area contributed by atoms with Crippen LogP contribution in [0.15, 0.2) is 24.3 Å². The molecule has 6 nitrogen and oxygen atoms in total. The summed E-state index contributed by atoms with van der Waals surface area (Å²) in [6.07, 6.45) is 76.2. The Bertz CT molecular complexity index is 1190. The number of carbonyl (C=O) groups is 3. The average molecular weight is 1040 g/mol. The van der Waals surface area contributed by atoms with Gasteiger partial charge in [0.2, 0.25) is 0 Å². The average Bonchev–Trinajstić information content (AvgIpc) is 3.40. The van der Waals surface area contributed by atoms with Gasteiger partial charge in [0.1, 0.15) is 13.2 Å². The molecule has 0 heterocycles. The van der Waals surface area contributed by atoms with E-state index in [9.17, 15) is 14.4 Å². The Morgan fingerprint density at radius 3 is 0.676 bits per heavy atom. The molecule has 0 fully saturated rings. The summed E-state index contributed by atoms with van der Waals surface area (Å²) in [6.45, 7) is 6.70. The molecule has 0 N–H and O–H groups in total. The number of allylic oxidation sites excluding steroid dienone is 4. The number of unbranched alkanes of at least 4 members (excludes halogenated alkanes) is 47. The lowest BCUT2D eigenvalue weighted by Gasteiger charge is -2.18. The topological polar surface area (TPSA) is 78.9 Å². The van der Waals surface area contributed by atoms with Crippen molar-refractivity contribution in [3.05, 3.63) is 24.3 Å². The summed E-state index contributed by atoms with van der Waals surface area (Å²) in [5.74, 6) is -0.844. The van der Waals surface area contributed by atoms with E-state index in [0.29, 0.717) is 19.3 Å². The first kappa shape index (κ1) is 71.9. The summed E-state index contributed by atoms with van der Waals surface area (Å²) in [6, 6.07) is 0. The second kappa shape index (κ2) is 63.4. The Morgan fingerprint density at radius 2 is 0.446 bits per heavy atom. The molecular weight excluding hydrogens is 913 g/mol. The van der Waals surface area contributed by atoms with Gasteiger partial charge in [-0.3, -0.25) is 14.4 Å². The number of esters is 3. The van der Waals surface area contributed by atoms with Gasteiger partial charge in [0.25, 0.3) is 0 Å². The molecule has 6 heteroatoms. The Labute approximate surface area is 462 Å². The molecule has 0 saturated heterocycles. The predicted octanol–water partition coefficient (Wildman–Crippen LogP) is 22.6. The quantitative estimate of drug-likeness (QED) is 0.0261. The largest absolute Gasteiger partial charge is 0.462 e. The van der Waals surface area contributed by atoms with Gasteiger partial charge in [0.15, 0.2) is 6.10 Å². The highest BCUT2D eigenvalue weighted by Crippen LogP contribution is 2.18. The molecule has 0 spiro atoms. The zero-order valence-corrected chi connectivity index (χ0v) is 50.1. The van der Waals surface area contributed by atoms with E-state index in [4.69, 9.17) is 14.2 Å². The first-order valence-electron chi connectivity index (χ1n) is 33.3. The molecule has 0 aromatic heterocycles. The van der Waals surface area contributed by atoms with Crippen LogP contribution in [0.3, 0.4) is 0 Å². The van der Waals surface area contributed by atoms with Crippen LogP contribution in [-0.4, -0.2) is 37.2 Å². The number of ether oxygens (including phenoxy) is 3. The minimum absolute atomic E-state index is 0.0674. The van der Waals surface area contributed by atoms with Crippen molar-refractivity contribution < 1.29 is 28.6 Å². The van der Waals surface area contributed by atoms with Crippen LogP contribution in [0.25, 0.3) is 0 Å². The van der Waals surface area contributed by atoms with Crippen molar-refractivity contribution >= 4 is 17.9 Å². The third kappa shape index (κ3) is 60.8. The molecule has 0 aliphatic carbocycles. The molecule has 0 aromatic rings. The van der Waals surface area contributed by atoms with Crippen molar-refractivity contribution in [2.45, 2.75) is 380 Å². The highest BCUT2D eigenvalue weighted by molar-refractivity contribution is 5.71. The number of rotatable bonds is 62. The molecule has 0 aromatic carbocycles. The lowest BCUT2D eigenvalue weighted by Crippen LogP contribution is -2.30. The van der Waals surface area contributed by atoms with Gasteiger partial charge in [-0.15, -0.1) is 0 Å². The molecule has 0 amide bonds. The third-order valence-corrected chi connectivity index (χ3v) is 15.2. The van der Waals surface area contributed by atoms with Crippen molar-refractivity contribution in [3.63, 3.8) is 0 Å². The van der Waals surface area contributed by atoms with Gasteiger partial charge >= 0.3 is 17.9 Å². The van der Waals surface area contributed by atoms with Crippen LogP contribution in [0, 0.1) is 0 Å². The van der Waals surface area contributed by atoms with Crippen LogP contribution in [0.5, 0.6) is 0 Å². The third-order valence-electron chi connectivity index (χ3n) is 15.2. The smallest absolute Gasteiger partial charge is 0.306 e. The monoisotopic (exact) mass is 1040 g/mol. The SMILES string of the molecule is CCCCCCCC/C=C\CCCCCCCCCC(=O)OC(COC(=O)CCCCCCCCCCCCCCCC)COC(=O)CCCCCCCCCCCCCCC/C=C\CCCCCCCCCC. The maximum atomic E-state index is 12.9. The molecule has 0 radical (unpaired) electrons. The molecule has 0 rings (SSSR count). The number of hydrogen-bond acceptors (Lipinski definition) is 6. The van der Waals surface area contributed by atoms with Crippen LogP contribution in [0.2, 0.25) is 0 Å². The Balaban J connectivity index is 4.24. The van der Waals surface area contributed by atoms with Crippen LogP contribution in [0.4, 0.5) is 0 Å². The van der Waals surface area contributed by atoms with Gasteiger partial charge in [-0.05, 0) is 70.6 Å². The predicted molar refractivity (Wildman–Crippen MR) is 321 cm³/mol. The van der Waals surface area contributed by atoms with Gasteiger partial charge < -0.3 is 14.2 Å². The second-order valence-electron chi connectivity index (χ2n) is 22.7. The van der Waals surface area contributed by atoms with Gasteiger partial charge in [0.05, 0.1) is 0 Å². The minimum atomic E-state index is -0.770. The summed E-state index contributed by atoms with van der Waals surface area (Å²) in [4.78, 5) is 38.3. The molecule has 0 aliphatic rings. The van der Waals surface area contributed by atoms with E-state index in [1.807, 2.05) is 0 Å². The van der Waals surface area contributed by atoms with Gasteiger partial charge in [-0.2, -0.15) is 0 Å². The van der Waals surface area contributed by atoms with E-state index in [1.54, 1.807) is 0 Å². The van der Waals surface area contributed by atoms with Crippen molar-refractivity contribution in [2.75, 3.05) is 13.2 Å². The molecule has 74 heavy (non-hydrogen) atoms. The fraction of sp³-hybridized carbons (Fsp3) is 0.897. The van der Waals surface area contributed by atoms with E-state index in [1.165, 1.54) is 276 Å². The van der Waals surface area contributed by atoms with E-state index in [-0.39, 0.29) is 31.1 Å². The van der Waals surface area contributed by atoms with Gasteiger partial charge in [-0.1, -0.05) is 308 Å². The lowest BCUT2D eigenvalue weighted by atomic mass is 10.0. The normalized spacial score (nSPS) is 12.1.